The standard InChI is InChI=1S/C12H12BrN3OS2/c1-7-4-10(8(2)3-9(7)13)18-6-11(17)15-12-5-14-16-19-12/h3-5H,6H2,1-2H3,(H,15,17). The molecule has 1 aromatic heterocycles. The van der Waals surface area contributed by atoms with E-state index in [0.29, 0.717) is 10.8 Å². The van der Waals surface area contributed by atoms with Gasteiger partial charge < -0.3 is 5.32 Å². The fourth-order valence-corrected chi connectivity index (χ4v) is 3.25. The van der Waals surface area contributed by atoms with Crippen LogP contribution in [0.25, 0.3) is 0 Å². The number of hydrogen-bond acceptors (Lipinski definition) is 5. The molecule has 0 aliphatic rings. The number of hydrogen-bond donors (Lipinski definition) is 1. The second-order valence-electron chi connectivity index (χ2n) is 3.99. The topological polar surface area (TPSA) is 54.9 Å². The first-order valence-electron chi connectivity index (χ1n) is 5.53. The zero-order valence-corrected chi connectivity index (χ0v) is 13.7. The van der Waals surface area contributed by atoms with E-state index < -0.39 is 0 Å². The number of thioether (sulfide) groups is 1. The molecule has 0 radical (unpaired) electrons. The molecule has 1 amide bonds. The third-order valence-electron chi connectivity index (χ3n) is 2.44. The Hall–Kier alpha value is -0.920. The van der Waals surface area contributed by atoms with Gasteiger partial charge in [0.1, 0.15) is 5.00 Å². The Labute approximate surface area is 128 Å². The summed E-state index contributed by atoms with van der Waals surface area (Å²) in [4.78, 5) is 12.9. The third-order valence-corrected chi connectivity index (χ3v) is 5.03. The lowest BCUT2D eigenvalue weighted by Crippen LogP contribution is -2.13. The minimum atomic E-state index is -0.0454. The molecule has 0 saturated carbocycles. The number of aromatic nitrogens is 2. The Kier molecular flexibility index (Phi) is 4.95. The maximum absolute atomic E-state index is 11.8. The van der Waals surface area contributed by atoms with Crippen LogP contribution in [0.1, 0.15) is 11.1 Å². The van der Waals surface area contributed by atoms with E-state index in [-0.39, 0.29) is 5.91 Å². The van der Waals surface area contributed by atoms with Crippen molar-refractivity contribution in [3.05, 3.63) is 33.9 Å². The molecule has 1 aromatic carbocycles. The third kappa shape index (κ3) is 4.02. The van der Waals surface area contributed by atoms with Gasteiger partial charge in [-0.2, -0.15) is 0 Å². The maximum Gasteiger partial charge on any atom is 0.235 e. The van der Waals surface area contributed by atoms with Crippen LogP contribution < -0.4 is 5.32 Å². The van der Waals surface area contributed by atoms with Crippen LogP contribution in [-0.2, 0) is 4.79 Å². The van der Waals surface area contributed by atoms with E-state index in [4.69, 9.17) is 0 Å². The van der Waals surface area contributed by atoms with Crippen molar-refractivity contribution in [2.75, 3.05) is 11.1 Å². The Morgan fingerprint density at radius 2 is 2.21 bits per heavy atom. The van der Waals surface area contributed by atoms with E-state index in [1.54, 1.807) is 6.20 Å². The molecule has 1 N–H and O–H groups in total. The highest BCUT2D eigenvalue weighted by atomic mass is 79.9. The van der Waals surface area contributed by atoms with E-state index in [0.717, 1.165) is 14.9 Å². The van der Waals surface area contributed by atoms with Crippen molar-refractivity contribution < 1.29 is 4.79 Å². The second-order valence-corrected chi connectivity index (χ2v) is 6.64. The lowest BCUT2D eigenvalue weighted by molar-refractivity contribution is -0.113. The summed E-state index contributed by atoms with van der Waals surface area (Å²) in [5, 5.41) is 7.11. The summed E-state index contributed by atoms with van der Waals surface area (Å²) in [5.74, 6) is 0.329. The number of carbonyl (C=O) groups excluding carboxylic acids is 1. The monoisotopic (exact) mass is 357 g/mol. The number of halogens is 1. The average Bonchev–Trinajstić information content (AvgIpc) is 2.85. The van der Waals surface area contributed by atoms with Gasteiger partial charge in [0.05, 0.1) is 11.9 Å². The molecule has 0 saturated heterocycles. The van der Waals surface area contributed by atoms with Gasteiger partial charge in [0, 0.05) is 20.9 Å². The van der Waals surface area contributed by atoms with Crippen LogP contribution in [-0.4, -0.2) is 21.2 Å². The number of rotatable bonds is 4. The van der Waals surface area contributed by atoms with Crippen LogP contribution >= 0.6 is 39.2 Å². The highest BCUT2D eigenvalue weighted by Crippen LogP contribution is 2.28. The number of amides is 1. The van der Waals surface area contributed by atoms with Crippen molar-refractivity contribution in [1.82, 2.24) is 9.59 Å². The first kappa shape index (κ1) is 14.5. The molecule has 1 heterocycles. The number of carbonyl (C=O) groups is 1. The molecule has 0 atom stereocenters. The Morgan fingerprint density at radius 1 is 1.42 bits per heavy atom. The molecular formula is C12H12BrN3OS2. The van der Waals surface area contributed by atoms with Crippen molar-refractivity contribution in [2.45, 2.75) is 18.7 Å². The molecule has 2 rings (SSSR count). The molecule has 19 heavy (non-hydrogen) atoms. The second kappa shape index (κ2) is 6.49. The average molecular weight is 358 g/mol. The number of anilines is 1. The lowest BCUT2D eigenvalue weighted by Gasteiger charge is -2.08. The molecule has 2 aromatic rings. The van der Waals surface area contributed by atoms with Gasteiger partial charge in [-0.3, -0.25) is 4.79 Å². The Balaban J connectivity index is 1.95. The first-order chi connectivity index (χ1) is 9.06. The zero-order valence-electron chi connectivity index (χ0n) is 10.4. The molecule has 100 valence electrons. The van der Waals surface area contributed by atoms with Gasteiger partial charge in [-0.1, -0.05) is 20.4 Å². The number of nitrogens with one attached hydrogen (secondary N) is 1. The van der Waals surface area contributed by atoms with E-state index in [9.17, 15) is 4.79 Å². The summed E-state index contributed by atoms with van der Waals surface area (Å²) in [6, 6.07) is 4.16. The predicted octanol–water partition coefficient (Wildman–Crippen LogP) is 3.65. The van der Waals surface area contributed by atoms with Crippen LogP contribution in [0.5, 0.6) is 0 Å². The molecular weight excluding hydrogens is 346 g/mol. The Bertz CT molecular complexity index is 587. The summed E-state index contributed by atoms with van der Waals surface area (Å²) in [6.07, 6.45) is 1.54. The fraction of sp³-hybridized carbons (Fsp3) is 0.250. The maximum atomic E-state index is 11.8. The van der Waals surface area contributed by atoms with Crippen LogP contribution in [0, 0.1) is 13.8 Å². The molecule has 0 bridgehead atoms. The Morgan fingerprint density at radius 3 is 2.89 bits per heavy atom. The van der Waals surface area contributed by atoms with Crippen LogP contribution in [0.15, 0.2) is 27.7 Å². The van der Waals surface area contributed by atoms with Gasteiger partial charge in [0.2, 0.25) is 5.91 Å². The van der Waals surface area contributed by atoms with Crippen molar-refractivity contribution in [3.8, 4) is 0 Å². The van der Waals surface area contributed by atoms with E-state index >= 15 is 0 Å². The highest BCUT2D eigenvalue weighted by molar-refractivity contribution is 9.10. The van der Waals surface area contributed by atoms with E-state index in [2.05, 4.69) is 43.0 Å². The molecule has 0 unspecified atom stereocenters. The number of aryl methyl sites for hydroxylation is 2. The van der Waals surface area contributed by atoms with Crippen molar-refractivity contribution >= 4 is 50.1 Å². The summed E-state index contributed by atoms with van der Waals surface area (Å²) < 4.78 is 4.79. The van der Waals surface area contributed by atoms with E-state index in [1.807, 2.05) is 13.8 Å². The first-order valence-corrected chi connectivity index (χ1v) is 8.08. The molecule has 0 spiro atoms. The van der Waals surface area contributed by atoms with Crippen LogP contribution in [0.4, 0.5) is 5.00 Å². The van der Waals surface area contributed by atoms with Gasteiger partial charge in [-0.05, 0) is 37.1 Å². The van der Waals surface area contributed by atoms with Gasteiger partial charge >= 0.3 is 0 Å². The van der Waals surface area contributed by atoms with Gasteiger partial charge in [-0.15, -0.1) is 16.9 Å². The van der Waals surface area contributed by atoms with Gasteiger partial charge in [0.25, 0.3) is 0 Å². The highest BCUT2D eigenvalue weighted by Gasteiger charge is 2.08. The van der Waals surface area contributed by atoms with Crippen LogP contribution in [0.3, 0.4) is 0 Å². The van der Waals surface area contributed by atoms with E-state index in [1.165, 1.54) is 28.9 Å². The lowest BCUT2D eigenvalue weighted by atomic mass is 10.2. The summed E-state index contributed by atoms with van der Waals surface area (Å²) >= 11 is 6.20. The minimum Gasteiger partial charge on any atom is -0.314 e. The van der Waals surface area contributed by atoms with Gasteiger partial charge in [-0.25, -0.2) is 0 Å². The zero-order chi connectivity index (χ0) is 13.8. The van der Waals surface area contributed by atoms with Crippen molar-refractivity contribution in [3.63, 3.8) is 0 Å². The predicted molar refractivity (Wildman–Crippen MR) is 82.9 cm³/mol. The number of benzene rings is 1. The quantitative estimate of drug-likeness (QED) is 0.848. The molecule has 0 aliphatic heterocycles. The summed E-state index contributed by atoms with van der Waals surface area (Å²) in [5.41, 5.74) is 2.33. The molecule has 7 heteroatoms. The smallest absolute Gasteiger partial charge is 0.235 e. The molecule has 0 fully saturated rings. The minimum absolute atomic E-state index is 0.0454. The van der Waals surface area contributed by atoms with Crippen molar-refractivity contribution in [2.24, 2.45) is 0 Å². The van der Waals surface area contributed by atoms with Gasteiger partial charge in [0.15, 0.2) is 0 Å². The van der Waals surface area contributed by atoms with Crippen LogP contribution in [0.2, 0.25) is 0 Å². The fourth-order valence-electron chi connectivity index (χ4n) is 1.45. The normalized spacial score (nSPS) is 10.5. The molecule has 0 aliphatic carbocycles. The number of nitrogens with zero attached hydrogens (tertiary/aromatic N) is 2. The SMILES string of the molecule is Cc1cc(SCC(=O)Nc2cnns2)c(C)cc1Br. The molecule has 4 nitrogen and oxygen atoms in total. The summed E-state index contributed by atoms with van der Waals surface area (Å²) in [7, 11) is 0. The summed E-state index contributed by atoms with van der Waals surface area (Å²) in [6.45, 7) is 4.08. The largest absolute Gasteiger partial charge is 0.314 e. The van der Waals surface area contributed by atoms with Crippen molar-refractivity contribution in [1.29, 1.82) is 0 Å².